The molecule has 1 heterocycles. The second-order valence-corrected chi connectivity index (χ2v) is 5.08. The van der Waals surface area contributed by atoms with Crippen molar-refractivity contribution in [3.8, 4) is 0 Å². The van der Waals surface area contributed by atoms with Crippen molar-refractivity contribution < 1.29 is 14.5 Å². The highest BCUT2D eigenvalue weighted by molar-refractivity contribution is 5.96. The number of hydrogen-bond donors (Lipinski definition) is 1. The van der Waals surface area contributed by atoms with Gasteiger partial charge in [-0.15, -0.1) is 0 Å². The molecule has 0 aliphatic carbocycles. The Labute approximate surface area is 117 Å². The van der Waals surface area contributed by atoms with Crippen LogP contribution in [0.4, 0.5) is 5.69 Å². The third-order valence-electron chi connectivity index (χ3n) is 3.57. The topological polar surface area (TPSA) is 81.5 Å². The molecule has 6 heteroatoms. The van der Waals surface area contributed by atoms with Crippen molar-refractivity contribution in [1.29, 1.82) is 0 Å². The van der Waals surface area contributed by atoms with Gasteiger partial charge in [-0.3, -0.25) is 14.9 Å². The average Bonchev–Trinajstić information content (AvgIpc) is 2.38. The lowest BCUT2D eigenvalue weighted by Gasteiger charge is -2.28. The molecule has 1 aliphatic rings. The smallest absolute Gasteiger partial charge is 0.273 e. The molecule has 0 radical (unpaired) electrons. The molecule has 1 aliphatic heterocycles. The number of nitrogens with one attached hydrogen (secondary N) is 1. The molecule has 1 saturated heterocycles. The summed E-state index contributed by atoms with van der Waals surface area (Å²) in [6.07, 6.45) is 1.66. The zero-order valence-electron chi connectivity index (χ0n) is 11.6. The molecule has 20 heavy (non-hydrogen) atoms. The third kappa shape index (κ3) is 3.14. The van der Waals surface area contributed by atoms with E-state index < -0.39 is 4.92 Å². The summed E-state index contributed by atoms with van der Waals surface area (Å²) in [5.74, 6) is -0.259. The lowest BCUT2D eigenvalue weighted by molar-refractivity contribution is -0.385. The fourth-order valence-corrected chi connectivity index (χ4v) is 2.46. The summed E-state index contributed by atoms with van der Waals surface area (Å²) < 4.78 is 5.43. The van der Waals surface area contributed by atoms with E-state index in [-0.39, 0.29) is 23.7 Å². The Balaban J connectivity index is 2.13. The van der Waals surface area contributed by atoms with E-state index in [0.717, 1.165) is 12.8 Å². The molecule has 2 rings (SSSR count). The summed E-state index contributed by atoms with van der Waals surface area (Å²) in [5.41, 5.74) is 0.728. The van der Waals surface area contributed by atoms with E-state index in [1.807, 2.05) is 6.92 Å². The Morgan fingerprint density at radius 1 is 1.50 bits per heavy atom. The third-order valence-corrected chi connectivity index (χ3v) is 3.57. The molecule has 0 spiro atoms. The van der Waals surface area contributed by atoms with E-state index in [2.05, 4.69) is 5.32 Å². The predicted octanol–water partition coefficient (Wildman–Crippen LogP) is 2.20. The molecule has 1 N–H and O–H groups in total. The van der Waals surface area contributed by atoms with Gasteiger partial charge in [0.2, 0.25) is 0 Å². The molecule has 2 atom stereocenters. The number of ether oxygens (including phenoxy) is 1. The number of carbonyl (C=O) groups excluding carboxylic acids is 1. The summed E-state index contributed by atoms with van der Waals surface area (Å²) in [7, 11) is 0. The second kappa shape index (κ2) is 6.00. The maximum absolute atomic E-state index is 12.2. The Bertz CT molecular complexity index is 530. The Morgan fingerprint density at radius 3 is 2.90 bits per heavy atom. The van der Waals surface area contributed by atoms with E-state index in [4.69, 9.17) is 4.74 Å². The van der Waals surface area contributed by atoms with Crippen LogP contribution in [-0.2, 0) is 4.74 Å². The van der Waals surface area contributed by atoms with Crippen molar-refractivity contribution in [3.05, 3.63) is 39.4 Å². The summed E-state index contributed by atoms with van der Waals surface area (Å²) in [6.45, 7) is 4.19. The van der Waals surface area contributed by atoms with E-state index in [1.54, 1.807) is 13.0 Å². The van der Waals surface area contributed by atoms with E-state index in [0.29, 0.717) is 17.7 Å². The standard InChI is InChI=1S/C14H18N2O4/c1-9-8-11(6-7-20-9)15-14(17)12-4-3-5-13(10(12)2)16(18)19/h3-5,9,11H,6-8H2,1-2H3,(H,15,17)/t9-,11+/m1/s1. The number of nitro groups is 1. The number of hydrogen-bond acceptors (Lipinski definition) is 4. The quantitative estimate of drug-likeness (QED) is 0.678. The first-order valence-electron chi connectivity index (χ1n) is 6.65. The average molecular weight is 278 g/mol. The van der Waals surface area contributed by atoms with Crippen LogP contribution < -0.4 is 5.32 Å². The molecular formula is C14H18N2O4. The van der Waals surface area contributed by atoms with Gasteiger partial charge in [-0.1, -0.05) is 6.07 Å². The van der Waals surface area contributed by atoms with Crippen molar-refractivity contribution in [3.63, 3.8) is 0 Å². The first-order chi connectivity index (χ1) is 9.49. The summed E-state index contributed by atoms with van der Waals surface area (Å²) >= 11 is 0. The minimum absolute atomic E-state index is 0.0296. The summed E-state index contributed by atoms with van der Waals surface area (Å²) in [6, 6.07) is 4.61. The molecule has 0 unspecified atom stereocenters. The number of rotatable bonds is 3. The molecule has 1 amide bonds. The Hall–Kier alpha value is -1.95. The van der Waals surface area contributed by atoms with Crippen LogP contribution in [0.3, 0.4) is 0 Å². The molecule has 1 fully saturated rings. The molecule has 1 aromatic rings. The largest absolute Gasteiger partial charge is 0.378 e. The maximum Gasteiger partial charge on any atom is 0.273 e. The SMILES string of the molecule is Cc1c(C(=O)N[C@H]2CCO[C@H](C)C2)cccc1[N+](=O)[O-]. The van der Waals surface area contributed by atoms with Crippen LogP contribution in [-0.4, -0.2) is 29.6 Å². The van der Waals surface area contributed by atoms with Gasteiger partial charge in [-0.05, 0) is 32.8 Å². The van der Waals surface area contributed by atoms with Gasteiger partial charge in [0.25, 0.3) is 11.6 Å². The van der Waals surface area contributed by atoms with Gasteiger partial charge in [-0.2, -0.15) is 0 Å². The number of amides is 1. The molecule has 0 aromatic heterocycles. The van der Waals surface area contributed by atoms with Crippen LogP contribution in [0.2, 0.25) is 0 Å². The maximum atomic E-state index is 12.2. The van der Waals surface area contributed by atoms with Crippen LogP contribution in [0.15, 0.2) is 18.2 Å². The van der Waals surface area contributed by atoms with Crippen molar-refractivity contribution in [2.45, 2.75) is 38.8 Å². The number of benzene rings is 1. The van der Waals surface area contributed by atoms with E-state index in [1.165, 1.54) is 12.1 Å². The number of carbonyl (C=O) groups is 1. The molecule has 0 saturated carbocycles. The molecule has 108 valence electrons. The molecule has 0 bridgehead atoms. The zero-order chi connectivity index (χ0) is 14.7. The Kier molecular flexibility index (Phi) is 4.34. The van der Waals surface area contributed by atoms with Gasteiger partial charge in [0.1, 0.15) is 0 Å². The molecule has 1 aromatic carbocycles. The van der Waals surface area contributed by atoms with Gasteiger partial charge in [0.05, 0.1) is 11.0 Å². The normalized spacial score (nSPS) is 22.3. The predicted molar refractivity (Wildman–Crippen MR) is 73.7 cm³/mol. The van der Waals surface area contributed by atoms with Gasteiger partial charge in [0.15, 0.2) is 0 Å². The van der Waals surface area contributed by atoms with Gasteiger partial charge < -0.3 is 10.1 Å². The Morgan fingerprint density at radius 2 is 2.25 bits per heavy atom. The van der Waals surface area contributed by atoms with E-state index >= 15 is 0 Å². The molecule has 6 nitrogen and oxygen atoms in total. The lowest BCUT2D eigenvalue weighted by atomic mass is 10.0. The minimum atomic E-state index is -0.470. The van der Waals surface area contributed by atoms with Crippen LogP contribution in [0.25, 0.3) is 0 Å². The second-order valence-electron chi connectivity index (χ2n) is 5.08. The van der Waals surface area contributed by atoms with Crippen LogP contribution in [0.5, 0.6) is 0 Å². The van der Waals surface area contributed by atoms with Crippen molar-refractivity contribution in [2.75, 3.05) is 6.61 Å². The van der Waals surface area contributed by atoms with Crippen molar-refractivity contribution in [1.82, 2.24) is 5.32 Å². The summed E-state index contributed by atoms with van der Waals surface area (Å²) in [5, 5.41) is 13.8. The first-order valence-corrected chi connectivity index (χ1v) is 6.65. The van der Waals surface area contributed by atoms with Crippen molar-refractivity contribution in [2.24, 2.45) is 0 Å². The summed E-state index contributed by atoms with van der Waals surface area (Å²) in [4.78, 5) is 22.7. The minimum Gasteiger partial charge on any atom is -0.378 e. The van der Waals surface area contributed by atoms with Gasteiger partial charge in [0, 0.05) is 29.8 Å². The van der Waals surface area contributed by atoms with Crippen LogP contribution in [0.1, 0.15) is 35.7 Å². The fourth-order valence-electron chi connectivity index (χ4n) is 2.46. The molecular weight excluding hydrogens is 260 g/mol. The number of nitrogens with zero attached hydrogens (tertiary/aromatic N) is 1. The highest BCUT2D eigenvalue weighted by Gasteiger charge is 2.23. The number of nitro benzene ring substituents is 1. The van der Waals surface area contributed by atoms with Crippen LogP contribution >= 0.6 is 0 Å². The van der Waals surface area contributed by atoms with Gasteiger partial charge >= 0.3 is 0 Å². The monoisotopic (exact) mass is 278 g/mol. The van der Waals surface area contributed by atoms with Gasteiger partial charge in [-0.25, -0.2) is 0 Å². The lowest BCUT2D eigenvalue weighted by Crippen LogP contribution is -2.41. The van der Waals surface area contributed by atoms with Crippen molar-refractivity contribution >= 4 is 11.6 Å². The fraction of sp³-hybridized carbons (Fsp3) is 0.500. The van der Waals surface area contributed by atoms with E-state index in [9.17, 15) is 14.9 Å². The first kappa shape index (κ1) is 14.5. The van der Waals surface area contributed by atoms with Crippen LogP contribution in [0, 0.1) is 17.0 Å². The highest BCUT2D eigenvalue weighted by atomic mass is 16.6. The highest BCUT2D eigenvalue weighted by Crippen LogP contribution is 2.21. The zero-order valence-corrected chi connectivity index (χ0v) is 11.6.